The Kier molecular flexibility index (Phi) is 14.8. The molecule has 6 nitrogen and oxygen atoms in total. The van der Waals surface area contributed by atoms with E-state index in [1.165, 1.54) is 70.6 Å². The van der Waals surface area contributed by atoms with Gasteiger partial charge in [-0.25, -0.2) is 0 Å². The van der Waals surface area contributed by atoms with Crippen LogP contribution in [0.1, 0.15) is 108 Å². The second kappa shape index (κ2) is 18.7. The third kappa shape index (κ3) is 12.4. The number of furan rings is 1. The van der Waals surface area contributed by atoms with Gasteiger partial charge in [0.15, 0.2) is 11.5 Å². The molecule has 1 amide bonds. The van der Waals surface area contributed by atoms with Gasteiger partial charge in [-0.2, -0.15) is 0 Å². The molecule has 0 saturated carbocycles. The lowest BCUT2D eigenvalue weighted by molar-refractivity contribution is -0.121. The molecule has 0 aliphatic carbocycles. The highest BCUT2D eigenvalue weighted by molar-refractivity contribution is 5.76. The Labute approximate surface area is 230 Å². The van der Waals surface area contributed by atoms with E-state index in [0.29, 0.717) is 32.7 Å². The van der Waals surface area contributed by atoms with Crippen LogP contribution in [0.2, 0.25) is 0 Å². The summed E-state index contributed by atoms with van der Waals surface area (Å²) in [6.45, 7) is 4.73. The van der Waals surface area contributed by atoms with Crippen LogP contribution in [0.25, 0.3) is 0 Å². The van der Waals surface area contributed by atoms with Crippen LogP contribution in [0.4, 0.5) is 0 Å². The Morgan fingerprint density at radius 3 is 2.16 bits per heavy atom. The van der Waals surface area contributed by atoms with Crippen LogP contribution in [-0.2, 0) is 17.8 Å². The van der Waals surface area contributed by atoms with Crippen molar-refractivity contribution in [1.82, 2.24) is 10.6 Å². The Morgan fingerprint density at radius 1 is 0.842 bits per heavy atom. The highest BCUT2D eigenvalue weighted by Gasteiger charge is 2.17. The number of fused-ring (bicyclic) bond motifs is 1. The van der Waals surface area contributed by atoms with E-state index >= 15 is 0 Å². The second-order valence-corrected chi connectivity index (χ2v) is 10.6. The molecule has 38 heavy (non-hydrogen) atoms. The summed E-state index contributed by atoms with van der Waals surface area (Å²) in [4.78, 5) is 12.8. The van der Waals surface area contributed by atoms with E-state index in [9.17, 15) is 4.79 Å². The number of carbonyl (C=O) groups excluding carboxylic acids is 1. The summed E-state index contributed by atoms with van der Waals surface area (Å²) in [5, 5.41) is 6.69. The monoisotopic (exact) mass is 526 g/mol. The predicted molar refractivity (Wildman–Crippen MR) is 154 cm³/mol. The zero-order valence-electron chi connectivity index (χ0n) is 23.6. The van der Waals surface area contributed by atoms with Crippen molar-refractivity contribution in [2.24, 2.45) is 0 Å². The van der Waals surface area contributed by atoms with Crippen molar-refractivity contribution in [3.05, 3.63) is 47.9 Å². The van der Waals surface area contributed by atoms with Gasteiger partial charge < -0.3 is 24.5 Å². The van der Waals surface area contributed by atoms with Gasteiger partial charge in [0.1, 0.15) is 19.0 Å². The molecule has 0 radical (unpaired) electrons. The first kappa shape index (κ1) is 30.1. The molecule has 1 aliphatic heterocycles. The molecule has 1 aromatic carbocycles. The molecule has 3 rings (SSSR count). The third-order valence-electron chi connectivity index (χ3n) is 7.23. The molecule has 2 aromatic rings. The van der Waals surface area contributed by atoms with Crippen LogP contribution in [0, 0.1) is 0 Å². The molecule has 2 N–H and O–H groups in total. The van der Waals surface area contributed by atoms with E-state index < -0.39 is 0 Å². The van der Waals surface area contributed by atoms with Gasteiger partial charge in [0.25, 0.3) is 0 Å². The van der Waals surface area contributed by atoms with Crippen molar-refractivity contribution in [2.45, 2.75) is 116 Å². The molecule has 212 valence electrons. The minimum atomic E-state index is -0.0120. The molecule has 0 unspecified atom stereocenters. The fourth-order valence-corrected chi connectivity index (χ4v) is 5.06. The topological polar surface area (TPSA) is 72.7 Å². The Bertz CT molecular complexity index is 884. The van der Waals surface area contributed by atoms with E-state index in [0.717, 1.165) is 42.1 Å². The van der Waals surface area contributed by atoms with Gasteiger partial charge in [-0.1, -0.05) is 90.0 Å². The Balaban J connectivity index is 1.31. The summed E-state index contributed by atoms with van der Waals surface area (Å²) in [5.74, 6) is 2.60. The molecule has 0 bridgehead atoms. The lowest BCUT2D eigenvalue weighted by Crippen LogP contribution is -2.43. The summed E-state index contributed by atoms with van der Waals surface area (Å²) in [7, 11) is 0. The van der Waals surface area contributed by atoms with Gasteiger partial charge in [0.05, 0.1) is 12.8 Å². The molecule has 1 atom stereocenters. The van der Waals surface area contributed by atoms with Gasteiger partial charge >= 0.3 is 0 Å². The highest BCUT2D eigenvalue weighted by atomic mass is 16.6. The van der Waals surface area contributed by atoms with Gasteiger partial charge in [-0.3, -0.25) is 4.79 Å². The second-order valence-electron chi connectivity index (χ2n) is 10.6. The first-order valence-electron chi connectivity index (χ1n) is 15.2. The number of hydrogen-bond donors (Lipinski definition) is 2. The van der Waals surface area contributed by atoms with Crippen LogP contribution in [0.3, 0.4) is 0 Å². The summed E-state index contributed by atoms with van der Waals surface area (Å²) in [5.41, 5.74) is 1.13. The molecule has 1 aliphatic rings. The number of carbonyl (C=O) groups is 1. The van der Waals surface area contributed by atoms with Crippen molar-refractivity contribution >= 4 is 5.91 Å². The minimum absolute atomic E-state index is 0.0120. The maximum Gasteiger partial charge on any atom is 0.220 e. The van der Waals surface area contributed by atoms with E-state index in [1.54, 1.807) is 6.26 Å². The van der Waals surface area contributed by atoms with Gasteiger partial charge in [0, 0.05) is 19.0 Å². The fourth-order valence-electron chi connectivity index (χ4n) is 5.06. The molecular formula is C32H50N2O4. The van der Waals surface area contributed by atoms with Gasteiger partial charge in [0.2, 0.25) is 5.91 Å². The average Bonchev–Trinajstić information content (AvgIpc) is 3.45. The summed E-state index contributed by atoms with van der Waals surface area (Å²) in [6.07, 6.45) is 20.0. The predicted octanol–water partition coefficient (Wildman–Crippen LogP) is 7.35. The number of unbranched alkanes of at least 4 members (excludes halogenated alkanes) is 12. The molecule has 0 spiro atoms. The minimum Gasteiger partial charge on any atom is -0.486 e. The molecule has 0 fully saturated rings. The number of amides is 1. The van der Waals surface area contributed by atoms with Crippen molar-refractivity contribution in [1.29, 1.82) is 0 Å². The van der Waals surface area contributed by atoms with Crippen LogP contribution in [-0.4, -0.2) is 31.7 Å². The van der Waals surface area contributed by atoms with Crippen LogP contribution >= 0.6 is 0 Å². The van der Waals surface area contributed by atoms with E-state index in [2.05, 4.69) is 23.6 Å². The number of benzene rings is 1. The number of nitrogens with one attached hydrogen (secondary N) is 2. The van der Waals surface area contributed by atoms with Crippen molar-refractivity contribution in [2.75, 3.05) is 19.8 Å². The molecule has 0 saturated heterocycles. The van der Waals surface area contributed by atoms with Crippen molar-refractivity contribution in [3.8, 4) is 11.5 Å². The van der Waals surface area contributed by atoms with Crippen molar-refractivity contribution in [3.63, 3.8) is 0 Å². The maximum absolute atomic E-state index is 12.8. The van der Waals surface area contributed by atoms with Crippen LogP contribution in [0.15, 0.2) is 41.0 Å². The first-order chi connectivity index (χ1) is 18.7. The molecule has 6 heteroatoms. The van der Waals surface area contributed by atoms with Crippen LogP contribution < -0.4 is 20.1 Å². The zero-order chi connectivity index (χ0) is 26.7. The summed E-state index contributed by atoms with van der Waals surface area (Å²) < 4.78 is 16.8. The standard InChI is InChI=1S/C32H50N2O4/c1-2-3-4-5-6-7-8-9-10-11-12-13-14-17-32(35)34-28(25-33-26-29-16-15-20-36-29)23-27-18-19-30-31(24-27)38-22-21-37-30/h15-16,18-20,24,28,33H,2-14,17,21-23,25-26H2,1H3,(H,34,35)/t28-/m0/s1. The molecular weight excluding hydrogens is 476 g/mol. The van der Waals surface area contributed by atoms with Gasteiger partial charge in [-0.15, -0.1) is 0 Å². The van der Waals surface area contributed by atoms with Gasteiger partial charge in [-0.05, 0) is 42.7 Å². The normalized spacial score (nSPS) is 13.4. The lowest BCUT2D eigenvalue weighted by Gasteiger charge is -2.22. The highest BCUT2D eigenvalue weighted by Crippen LogP contribution is 2.31. The number of rotatable bonds is 21. The zero-order valence-corrected chi connectivity index (χ0v) is 23.6. The average molecular weight is 527 g/mol. The summed E-state index contributed by atoms with van der Waals surface area (Å²) >= 11 is 0. The first-order valence-corrected chi connectivity index (χ1v) is 15.2. The van der Waals surface area contributed by atoms with Crippen molar-refractivity contribution < 1.29 is 18.7 Å². The lowest BCUT2D eigenvalue weighted by atomic mass is 10.0. The summed E-state index contributed by atoms with van der Waals surface area (Å²) in [6, 6.07) is 9.89. The molecule has 2 heterocycles. The smallest absolute Gasteiger partial charge is 0.220 e. The Hall–Kier alpha value is -2.47. The van der Waals surface area contributed by atoms with E-state index in [-0.39, 0.29) is 11.9 Å². The fraction of sp³-hybridized carbons (Fsp3) is 0.656. The van der Waals surface area contributed by atoms with E-state index in [4.69, 9.17) is 13.9 Å². The molecule has 1 aromatic heterocycles. The third-order valence-corrected chi connectivity index (χ3v) is 7.23. The number of hydrogen-bond acceptors (Lipinski definition) is 5. The van der Waals surface area contributed by atoms with E-state index in [1.807, 2.05) is 24.3 Å². The quantitative estimate of drug-likeness (QED) is 0.166. The number of ether oxygens (including phenoxy) is 2. The largest absolute Gasteiger partial charge is 0.486 e. The SMILES string of the molecule is CCCCCCCCCCCCCCCC(=O)N[C@H](CNCc1ccco1)Cc1ccc2c(c1)OCCO2. The Morgan fingerprint density at radius 2 is 1.50 bits per heavy atom. The maximum atomic E-state index is 12.8. The van der Waals surface area contributed by atoms with Crippen LogP contribution in [0.5, 0.6) is 11.5 Å².